The Morgan fingerprint density at radius 1 is 0.868 bits per heavy atom. The highest BCUT2D eigenvalue weighted by molar-refractivity contribution is 5.68. The van der Waals surface area contributed by atoms with Crippen LogP contribution in [0.15, 0.2) is 18.2 Å². The largest absolute Gasteiger partial charge is 0.434 e. The van der Waals surface area contributed by atoms with Gasteiger partial charge in [0.1, 0.15) is 0 Å². The van der Waals surface area contributed by atoms with Crippen LogP contribution in [0.1, 0.15) is 43.2 Å². The van der Waals surface area contributed by atoms with Crippen molar-refractivity contribution in [1.82, 2.24) is 9.80 Å². The highest BCUT2D eigenvalue weighted by Gasteiger charge is 2.60. The van der Waals surface area contributed by atoms with Crippen LogP contribution in [0.2, 0.25) is 0 Å². The number of amides is 1. The third-order valence-corrected chi connectivity index (χ3v) is 7.55. The molecule has 0 bridgehead atoms. The molecule has 4 rings (SSSR count). The number of rotatable bonds is 4. The van der Waals surface area contributed by atoms with Gasteiger partial charge in [0, 0.05) is 57.1 Å². The molecule has 1 aromatic rings. The highest BCUT2D eigenvalue weighted by atomic mass is 19.4. The molecule has 0 saturated carbocycles. The molecule has 1 aromatic carbocycles. The zero-order valence-electron chi connectivity index (χ0n) is 20.4. The molecular weight excluding hydrogens is 533 g/mol. The van der Waals surface area contributed by atoms with Crippen molar-refractivity contribution in [3.8, 4) is 0 Å². The Balaban J connectivity index is 1.38. The summed E-state index contributed by atoms with van der Waals surface area (Å²) in [5.41, 5.74) is -0.309. The monoisotopic (exact) mass is 561 g/mol. The van der Waals surface area contributed by atoms with E-state index in [0.717, 1.165) is 30.2 Å². The number of hydrogen-bond donors (Lipinski definition) is 0. The Morgan fingerprint density at radius 2 is 1.45 bits per heavy atom. The van der Waals surface area contributed by atoms with E-state index < -0.39 is 36.3 Å². The second-order valence-electron chi connectivity index (χ2n) is 10.3. The fourth-order valence-corrected chi connectivity index (χ4v) is 5.65. The quantitative estimate of drug-likeness (QED) is 0.409. The molecule has 0 atom stereocenters. The Hall–Kier alpha value is -2.38. The van der Waals surface area contributed by atoms with Crippen LogP contribution in [0.25, 0.3) is 0 Å². The van der Waals surface area contributed by atoms with E-state index in [-0.39, 0.29) is 30.6 Å². The zero-order chi connectivity index (χ0) is 27.9. The van der Waals surface area contributed by atoms with Crippen LogP contribution in [-0.2, 0) is 17.5 Å². The topological polar surface area (TPSA) is 36.0 Å². The van der Waals surface area contributed by atoms with Gasteiger partial charge in [-0.05, 0) is 49.7 Å². The summed E-state index contributed by atoms with van der Waals surface area (Å²) in [5, 5.41) is 0. The summed E-state index contributed by atoms with van der Waals surface area (Å²) in [4.78, 5) is 16.7. The number of anilines is 1. The van der Waals surface area contributed by atoms with Crippen molar-refractivity contribution in [2.24, 2.45) is 5.41 Å². The van der Waals surface area contributed by atoms with Gasteiger partial charge in [0.2, 0.25) is 0 Å². The minimum Gasteiger partial charge on any atom is -0.426 e. The molecule has 38 heavy (non-hydrogen) atoms. The van der Waals surface area contributed by atoms with E-state index in [1.807, 2.05) is 9.80 Å². The van der Waals surface area contributed by atoms with Gasteiger partial charge in [-0.3, -0.25) is 4.90 Å². The molecule has 1 spiro atoms. The summed E-state index contributed by atoms with van der Waals surface area (Å²) in [6.07, 6.45) is -18.6. The number of carbonyl (C=O) groups is 1. The fourth-order valence-electron chi connectivity index (χ4n) is 5.65. The van der Waals surface area contributed by atoms with Crippen LogP contribution in [0.5, 0.6) is 0 Å². The summed E-state index contributed by atoms with van der Waals surface area (Å²) < 4.78 is 122. The molecule has 14 heteroatoms. The summed E-state index contributed by atoms with van der Waals surface area (Å²) in [5.74, 6) is 0. The minimum absolute atomic E-state index is 0.0634. The lowest BCUT2D eigenvalue weighted by Crippen LogP contribution is -2.60. The van der Waals surface area contributed by atoms with Crippen molar-refractivity contribution in [3.05, 3.63) is 29.3 Å². The fraction of sp³-hybridized carbons (Fsp3) is 0.708. The molecule has 3 aliphatic rings. The lowest BCUT2D eigenvalue weighted by molar-refractivity contribution is -0.308. The summed E-state index contributed by atoms with van der Waals surface area (Å²) in [6.45, 7) is 2.03. The number of carbonyl (C=O) groups excluding carboxylic acids is 1. The first-order valence-electron chi connectivity index (χ1n) is 12.3. The molecule has 3 saturated heterocycles. The Kier molecular flexibility index (Phi) is 7.76. The van der Waals surface area contributed by atoms with Gasteiger partial charge in [-0.1, -0.05) is 6.07 Å². The molecule has 3 aliphatic heterocycles. The number of alkyl halides is 9. The van der Waals surface area contributed by atoms with E-state index in [4.69, 9.17) is 0 Å². The number of ether oxygens (including phenoxy) is 1. The second-order valence-corrected chi connectivity index (χ2v) is 10.3. The molecule has 5 nitrogen and oxygen atoms in total. The molecule has 0 aromatic heterocycles. The number of likely N-dealkylation sites (tertiary alicyclic amines) is 2. The van der Waals surface area contributed by atoms with Crippen molar-refractivity contribution in [2.45, 2.75) is 63.3 Å². The van der Waals surface area contributed by atoms with Crippen molar-refractivity contribution in [2.75, 3.05) is 44.2 Å². The van der Waals surface area contributed by atoms with Crippen LogP contribution >= 0.6 is 0 Å². The molecule has 3 fully saturated rings. The normalized spacial score (nSPS) is 21.1. The van der Waals surface area contributed by atoms with Gasteiger partial charge in [0.15, 0.2) is 0 Å². The maximum absolute atomic E-state index is 13.8. The predicted molar refractivity (Wildman–Crippen MR) is 118 cm³/mol. The predicted octanol–water partition coefficient (Wildman–Crippen LogP) is 6.22. The number of piperidine rings is 2. The standard InChI is InChI=1S/C24H28F9N3O2/c25-22(26,27)17-5-4-6-18(35-9-2-1-3-10-35)16(17)13-34-14-21(15-34)7-11-36(12-8-21)20(37)38-19(23(28,29)30)24(31,32)33/h4-6,19H,1-3,7-15H2. The maximum Gasteiger partial charge on any atom is 0.434 e. The summed E-state index contributed by atoms with van der Waals surface area (Å²) in [7, 11) is 0. The average Bonchev–Trinajstić information content (AvgIpc) is 2.80. The Bertz CT molecular complexity index is 973. The van der Waals surface area contributed by atoms with Gasteiger partial charge in [0.05, 0.1) is 5.56 Å². The molecular formula is C24H28F9N3O2. The van der Waals surface area contributed by atoms with Gasteiger partial charge in [-0.2, -0.15) is 39.5 Å². The molecule has 0 radical (unpaired) electrons. The third-order valence-electron chi connectivity index (χ3n) is 7.55. The van der Waals surface area contributed by atoms with Crippen LogP contribution in [0.3, 0.4) is 0 Å². The molecule has 1 amide bonds. The molecule has 3 heterocycles. The SMILES string of the molecule is O=C(OC(C(F)(F)F)C(F)(F)F)N1CCC2(CC1)CN(Cc1c(N3CCCCC3)cccc1C(F)(F)F)C2. The van der Waals surface area contributed by atoms with Crippen molar-refractivity contribution < 1.29 is 49.0 Å². The summed E-state index contributed by atoms with van der Waals surface area (Å²) in [6, 6.07) is 4.17. The molecule has 0 aliphatic carbocycles. The number of halogens is 9. The first kappa shape index (κ1) is 28.6. The zero-order valence-corrected chi connectivity index (χ0v) is 20.4. The number of hydrogen-bond acceptors (Lipinski definition) is 4. The Morgan fingerprint density at radius 3 is 1.97 bits per heavy atom. The van der Waals surface area contributed by atoms with E-state index in [1.165, 1.54) is 6.07 Å². The van der Waals surface area contributed by atoms with Gasteiger partial charge in [-0.25, -0.2) is 4.79 Å². The van der Waals surface area contributed by atoms with E-state index >= 15 is 0 Å². The number of benzene rings is 1. The van der Waals surface area contributed by atoms with Crippen LogP contribution < -0.4 is 4.90 Å². The van der Waals surface area contributed by atoms with Gasteiger partial charge >= 0.3 is 24.6 Å². The average molecular weight is 561 g/mol. The summed E-state index contributed by atoms with van der Waals surface area (Å²) >= 11 is 0. The third kappa shape index (κ3) is 6.26. The van der Waals surface area contributed by atoms with Crippen molar-refractivity contribution in [3.63, 3.8) is 0 Å². The lowest BCUT2D eigenvalue weighted by atomic mass is 9.72. The van der Waals surface area contributed by atoms with E-state index in [9.17, 15) is 44.3 Å². The van der Waals surface area contributed by atoms with E-state index in [0.29, 0.717) is 44.7 Å². The van der Waals surface area contributed by atoms with Gasteiger partial charge in [0.25, 0.3) is 6.10 Å². The Labute approximate surface area is 213 Å². The van der Waals surface area contributed by atoms with Crippen molar-refractivity contribution in [1.29, 1.82) is 0 Å². The van der Waals surface area contributed by atoms with E-state index in [2.05, 4.69) is 4.74 Å². The van der Waals surface area contributed by atoms with Crippen LogP contribution in [0, 0.1) is 5.41 Å². The van der Waals surface area contributed by atoms with E-state index in [1.54, 1.807) is 6.07 Å². The van der Waals surface area contributed by atoms with Gasteiger partial charge in [-0.15, -0.1) is 0 Å². The van der Waals surface area contributed by atoms with Crippen molar-refractivity contribution >= 4 is 11.8 Å². The molecule has 214 valence electrons. The molecule has 0 N–H and O–H groups in total. The first-order valence-corrected chi connectivity index (χ1v) is 12.3. The van der Waals surface area contributed by atoms with Crippen LogP contribution in [-0.4, -0.2) is 73.6 Å². The highest BCUT2D eigenvalue weighted by Crippen LogP contribution is 2.44. The smallest absolute Gasteiger partial charge is 0.426 e. The first-order chi connectivity index (χ1) is 17.6. The van der Waals surface area contributed by atoms with Crippen LogP contribution in [0.4, 0.5) is 50.0 Å². The van der Waals surface area contributed by atoms with Gasteiger partial charge < -0.3 is 14.5 Å². The minimum atomic E-state index is -5.79. The second kappa shape index (κ2) is 10.3. The molecule has 0 unspecified atom stereocenters. The lowest BCUT2D eigenvalue weighted by Gasteiger charge is -2.54. The number of nitrogens with zero attached hydrogens (tertiary/aromatic N) is 3. The maximum atomic E-state index is 13.8.